The molecule has 0 aliphatic carbocycles. The van der Waals surface area contributed by atoms with Crippen LogP contribution in [0.3, 0.4) is 0 Å². The molecular formula is C28H35N3O4. The molecule has 0 atom stereocenters. The summed E-state index contributed by atoms with van der Waals surface area (Å²) >= 11 is 0. The molecule has 7 heteroatoms. The molecule has 0 fully saturated rings. The summed E-state index contributed by atoms with van der Waals surface area (Å²) in [5.41, 5.74) is 3.39. The van der Waals surface area contributed by atoms with Crippen molar-refractivity contribution in [2.45, 2.75) is 59.1 Å². The van der Waals surface area contributed by atoms with Gasteiger partial charge < -0.3 is 14.8 Å². The first-order valence-corrected chi connectivity index (χ1v) is 11.8. The van der Waals surface area contributed by atoms with Crippen molar-refractivity contribution in [1.82, 2.24) is 15.1 Å². The Labute approximate surface area is 207 Å². The van der Waals surface area contributed by atoms with Gasteiger partial charge in [-0.3, -0.25) is 9.48 Å². The van der Waals surface area contributed by atoms with Gasteiger partial charge in [-0.2, -0.15) is 5.10 Å². The van der Waals surface area contributed by atoms with Crippen LogP contribution in [0.25, 0.3) is 11.3 Å². The molecule has 3 aromatic rings. The molecule has 0 radical (unpaired) electrons. The summed E-state index contributed by atoms with van der Waals surface area (Å²) in [7, 11) is 1.83. The van der Waals surface area contributed by atoms with E-state index in [1.807, 2.05) is 19.2 Å². The van der Waals surface area contributed by atoms with Gasteiger partial charge in [-0.25, -0.2) is 4.79 Å². The molecule has 186 valence electrons. The van der Waals surface area contributed by atoms with Crippen LogP contribution in [0.1, 0.15) is 63.2 Å². The number of aryl methyl sites for hydroxylation is 1. The average Bonchev–Trinajstić information content (AvgIpc) is 3.19. The maximum absolute atomic E-state index is 12.7. The van der Waals surface area contributed by atoms with E-state index >= 15 is 0 Å². The van der Waals surface area contributed by atoms with Crippen molar-refractivity contribution >= 4 is 11.9 Å². The van der Waals surface area contributed by atoms with Crippen LogP contribution in [-0.2, 0) is 28.5 Å². The monoisotopic (exact) mass is 477 g/mol. The normalized spacial score (nSPS) is 11.7. The van der Waals surface area contributed by atoms with E-state index in [9.17, 15) is 9.59 Å². The minimum absolute atomic E-state index is 0.0808. The Kier molecular flexibility index (Phi) is 7.68. The van der Waals surface area contributed by atoms with Gasteiger partial charge in [0.05, 0.1) is 12.3 Å². The number of amides is 1. The predicted octanol–water partition coefficient (Wildman–Crippen LogP) is 5.04. The topological polar surface area (TPSA) is 82.5 Å². The number of ether oxygens (including phenoxy) is 2. The summed E-state index contributed by atoms with van der Waals surface area (Å²) in [6.45, 7) is 12.3. The standard InChI is InChI=1S/C28H35N3O4/c1-8-34-26(33)28(5,6)35-22-15-9-19(10-16-22)18-29-25(32)23-17-24(31(7)30-23)20-11-13-21(14-12-20)27(2,3)4/h9-17H,8,18H2,1-7H3,(H,29,32). The van der Waals surface area contributed by atoms with Gasteiger partial charge in [0.15, 0.2) is 11.3 Å². The van der Waals surface area contributed by atoms with Crippen molar-refractivity contribution in [3.63, 3.8) is 0 Å². The van der Waals surface area contributed by atoms with Crippen molar-refractivity contribution in [3.05, 3.63) is 71.4 Å². The molecule has 0 aliphatic rings. The van der Waals surface area contributed by atoms with Crippen LogP contribution in [-0.4, -0.2) is 33.9 Å². The minimum Gasteiger partial charge on any atom is -0.476 e. The smallest absolute Gasteiger partial charge is 0.349 e. The van der Waals surface area contributed by atoms with E-state index in [-0.39, 0.29) is 11.3 Å². The molecule has 0 bridgehead atoms. The number of carbonyl (C=O) groups is 2. The molecule has 3 rings (SSSR count). The van der Waals surface area contributed by atoms with Gasteiger partial charge in [0.1, 0.15) is 5.75 Å². The third-order valence-corrected chi connectivity index (χ3v) is 5.68. The van der Waals surface area contributed by atoms with E-state index in [0.29, 0.717) is 24.6 Å². The second-order valence-electron chi connectivity index (χ2n) is 10.0. The average molecular weight is 478 g/mol. The zero-order valence-electron chi connectivity index (χ0n) is 21.6. The predicted molar refractivity (Wildman–Crippen MR) is 136 cm³/mol. The Balaban J connectivity index is 1.62. The SMILES string of the molecule is CCOC(=O)C(C)(C)Oc1ccc(CNC(=O)c2cc(-c3ccc(C(C)(C)C)cc3)n(C)n2)cc1. The van der Waals surface area contributed by atoms with Gasteiger partial charge in [-0.05, 0) is 61.1 Å². The summed E-state index contributed by atoms with van der Waals surface area (Å²) in [5, 5.41) is 7.31. The van der Waals surface area contributed by atoms with Gasteiger partial charge in [-0.1, -0.05) is 57.2 Å². The third-order valence-electron chi connectivity index (χ3n) is 5.68. The highest BCUT2D eigenvalue weighted by atomic mass is 16.6. The van der Waals surface area contributed by atoms with Crippen molar-refractivity contribution in [3.8, 4) is 17.0 Å². The van der Waals surface area contributed by atoms with E-state index in [4.69, 9.17) is 9.47 Å². The van der Waals surface area contributed by atoms with Crippen LogP contribution >= 0.6 is 0 Å². The number of hydrogen-bond donors (Lipinski definition) is 1. The first-order chi connectivity index (χ1) is 16.4. The number of nitrogens with zero attached hydrogens (tertiary/aromatic N) is 2. The highest BCUT2D eigenvalue weighted by Crippen LogP contribution is 2.26. The van der Waals surface area contributed by atoms with E-state index in [2.05, 4.69) is 55.5 Å². The maximum atomic E-state index is 12.7. The number of esters is 1. The minimum atomic E-state index is -1.09. The zero-order valence-corrected chi connectivity index (χ0v) is 21.6. The first kappa shape index (κ1) is 26.0. The molecular weight excluding hydrogens is 442 g/mol. The molecule has 35 heavy (non-hydrogen) atoms. The van der Waals surface area contributed by atoms with E-state index < -0.39 is 11.6 Å². The van der Waals surface area contributed by atoms with Crippen LogP contribution in [0.15, 0.2) is 54.6 Å². The fourth-order valence-corrected chi connectivity index (χ4v) is 3.58. The van der Waals surface area contributed by atoms with Gasteiger partial charge >= 0.3 is 5.97 Å². The van der Waals surface area contributed by atoms with Crippen molar-refractivity contribution < 1.29 is 19.1 Å². The molecule has 1 heterocycles. The molecule has 0 saturated carbocycles. The lowest BCUT2D eigenvalue weighted by molar-refractivity contribution is -0.158. The van der Waals surface area contributed by atoms with E-state index in [0.717, 1.165) is 16.8 Å². The number of benzene rings is 2. The highest BCUT2D eigenvalue weighted by Gasteiger charge is 2.31. The van der Waals surface area contributed by atoms with Crippen LogP contribution in [0.5, 0.6) is 5.75 Å². The fourth-order valence-electron chi connectivity index (χ4n) is 3.58. The summed E-state index contributed by atoms with van der Waals surface area (Å²) in [4.78, 5) is 24.7. The Morgan fingerprint density at radius 2 is 1.60 bits per heavy atom. The number of nitrogens with one attached hydrogen (secondary N) is 1. The molecule has 1 N–H and O–H groups in total. The number of hydrogen-bond acceptors (Lipinski definition) is 5. The third kappa shape index (κ3) is 6.50. The summed E-state index contributed by atoms with van der Waals surface area (Å²) in [6.07, 6.45) is 0. The van der Waals surface area contributed by atoms with Gasteiger partial charge in [-0.15, -0.1) is 0 Å². The number of carbonyl (C=O) groups excluding carboxylic acids is 2. The molecule has 7 nitrogen and oxygen atoms in total. The van der Waals surface area contributed by atoms with E-state index in [1.54, 1.807) is 43.7 Å². The summed E-state index contributed by atoms with van der Waals surface area (Å²) in [6, 6.07) is 17.4. The van der Waals surface area contributed by atoms with Gasteiger partial charge in [0.2, 0.25) is 0 Å². The van der Waals surface area contributed by atoms with Crippen LogP contribution in [0.4, 0.5) is 0 Å². The van der Waals surface area contributed by atoms with Crippen molar-refractivity contribution in [1.29, 1.82) is 0 Å². The van der Waals surface area contributed by atoms with Crippen LogP contribution in [0.2, 0.25) is 0 Å². The Morgan fingerprint density at radius 1 is 0.971 bits per heavy atom. The lowest BCUT2D eigenvalue weighted by atomic mass is 9.86. The van der Waals surface area contributed by atoms with Crippen LogP contribution < -0.4 is 10.1 Å². The lowest BCUT2D eigenvalue weighted by Crippen LogP contribution is -2.39. The molecule has 0 aliphatic heterocycles. The lowest BCUT2D eigenvalue weighted by Gasteiger charge is -2.24. The van der Waals surface area contributed by atoms with Gasteiger partial charge in [0.25, 0.3) is 5.91 Å². The van der Waals surface area contributed by atoms with Crippen LogP contribution in [0, 0.1) is 0 Å². The molecule has 1 amide bonds. The summed E-state index contributed by atoms with van der Waals surface area (Å²) in [5.74, 6) is -0.122. The summed E-state index contributed by atoms with van der Waals surface area (Å²) < 4.78 is 12.5. The molecule has 0 spiro atoms. The fraction of sp³-hybridized carbons (Fsp3) is 0.393. The highest BCUT2D eigenvalue weighted by molar-refractivity contribution is 5.93. The Morgan fingerprint density at radius 3 is 2.17 bits per heavy atom. The Hall–Kier alpha value is -3.61. The Bertz CT molecular complexity index is 1170. The number of rotatable bonds is 8. The van der Waals surface area contributed by atoms with E-state index in [1.165, 1.54) is 5.56 Å². The molecule has 2 aromatic carbocycles. The van der Waals surface area contributed by atoms with Crippen molar-refractivity contribution in [2.75, 3.05) is 6.61 Å². The quantitative estimate of drug-likeness (QED) is 0.460. The number of aromatic nitrogens is 2. The molecule has 0 saturated heterocycles. The second kappa shape index (κ2) is 10.3. The second-order valence-corrected chi connectivity index (χ2v) is 10.0. The first-order valence-electron chi connectivity index (χ1n) is 11.8. The molecule has 0 unspecified atom stereocenters. The largest absolute Gasteiger partial charge is 0.476 e. The van der Waals surface area contributed by atoms with Crippen molar-refractivity contribution in [2.24, 2.45) is 7.05 Å². The zero-order chi connectivity index (χ0) is 25.8. The van der Waals surface area contributed by atoms with Gasteiger partial charge in [0, 0.05) is 13.6 Å². The molecule has 1 aromatic heterocycles. The maximum Gasteiger partial charge on any atom is 0.349 e.